The van der Waals surface area contributed by atoms with Crippen LogP contribution < -0.4 is 0 Å². The van der Waals surface area contributed by atoms with E-state index in [1.54, 1.807) is 54.9 Å². The third-order valence-corrected chi connectivity index (χ3v) is 4.81. The number of nitro benzene ring substituents is 1. The number of aromatic nitrogens is 4. The molecule has 30 heavy (non-hydrogen) atoms. The lowest BCUT2D eigenvalue weighted by molar-refractivity contribution is -0.385. The molecule has 0 fully saturated rings. The second-order valence-corrected chi connectivity index (χ2v) is 6.84. The second kappa shape index (κ2) is 8.22. The quantitative estimate of drug-likeness (QED) is 0.279. The van der Waals surface area contributed by atoms with Gasteiger partial charge in [-0.25, -0.2) is 4.98 Å². The molecule has 0 atom stereocenters. The lowest BCUT2D eigenvalue weighted by Crippen LogP contribution is -2.07. The number of nitro groups is 1. The molecule has 0 aliphatic rings. The SMILES string of the molecule is O=C(Cc1cc(-c2nc(-c3cccnc3)n[nH]2)ccc1[N+](=O)[O-])c1ccccc1Cl. The molecule has 2 heterocycles. The average molecular weight is 420 g/mol. The molecule has 148 valence electrons. The van der Waals surface area contributed by atoms with Crippen molar-refractivity contribution >= 4 is 23.1 Å². The monoisotopic (exact) mass is 419 g/mol. The van der Waals surface area contributed by atoms with Crippen molar-refractivity contribution in [1.29, 1.82) is 0 Å². The predicted molar refractivity (Wildman–Crippen MR) is 111 cm³/mol. The molecule has 8 nitrogen and oxygen atoms in total. The van der Waals surface area contributed by atoms with Crippen LogP contribution in [0, 0.1) is 10.1 Å². The number of Topliss-reactive ketones (excluding diaryl/α,β-unsaturated/α-hetero) is 1. The van der Waals surface area contributed by atoms with Gasteiger partial charge in [0.1, 0.15) is 0 Å². The molecular formula is C21H14ClN5O3. The summed E-state index contributed by atoms with van der Waals surface area (Å²) in [4.78, 5) is 32.1. The van der Waals surface area contributed by atoms with Gasteiger partial charge >= 0.3 is 0 Å². The minimum absolute atomic E-state index is 0.147. The number of benzene rings is 2. The number of ketones is 1. The first kappa shape index (κ1) is 19.4. The Bertz CT molecular complexity index is 1240. The van der Waals surface area contributed by atoms with E-state index in [0.29, 0.717) is 27.8 Å². The summed E-state index contributed by atoms with van der Waals surface area (Å²) < 4.78 is 0. The molecule has 2 aromatic heterocycles. The Kier molecular flexibility index (Phi) is 5.32. The molecule has 2 aromatic carbocycles. The van der Waals surface area contributed by atoms with Gasteiger partial charge in [-0.05, 0) is 36.4 Å². The van der Waals surface area contributed by atoms with Crippen molar-refractivity contribution in [3.05, 3.63) is 93.3 Å². The molecule has 4 rings (SSSR count). The van der Waals surface area contributed by atoms with Crippen LogP contribution in [0.5, 0.6) is 0 Å². The van der Waals surface area contributed by atoms with E-state index in [1.165, 1.54) is 6.07 Å². The molecule has 0 saturated heterocycles. The molecule has 0 amide bonds. The van der Waals surface area contributed by atoms with Crippen LogP contribution in [0.15, 0.2) is 67.0 Å². The van der Waals surface area contributed by atoms with E-state index >= 15 is 0 Å². The first-order chi connectivity index (χ1) is 14.5. The molecule has 0 bridgehead atoms. The fraction of sp³-hybridized carbons (Fsp3) is 0.0476. The Balaban J connectivity index is 1.69. The van der Waals surface area contributed by atoms with Gasteiger partial charge in [0, 0.05) is 47.1 Å². The first-order valence-corrected chi connectivity index (χ1v) is 9.29. The predicted octanol–water partition coefficient (Wildman–Crippen LogP) is 4.52. The van der Waals surface area contributed by atoms with Crippen molar-refractivity contribution in [2.24, 2.45) is 0 Å². The molecule has 0 spiro atoms. The molecule has 0 aliphatic heterocycles. The zero-order valence-electron chi connectivity index (χ0n) is 15.4. The van der Waals surface area contributed by atoms with Crippen LogP contribution in [0.2, 0.25) is 5.02 Å². The maximum atomic E-state index is 12.7. The molecule has 0 aliphatic carbocycles. The number of nitrogens with one attached hydrogen (secondary N) is 1. The maximum absolute atomic E-state index is 12.7. The summed E-state index contributed by atoms with van der Waals surface area (Å²) in [5.41, 5.74) is 1.74. The highest BCUT2D eigenvalue weighted by atomic mass is 35.5. The zero-order chi connectivity index (χ0) is 21.1. The second-order valence-electron chi connectivity index (χ2n) is 6.43. The normalized spacial score (nSPS) is 10.7. The van der Waals surface area contributed by atoms with Gasteiger partial charge in [-0.3, -0.25) is 25.0 Å². The highest BCUT2D eigenvalue weighted by molar-refractivity contribution is 6.34. The standard InChI is InChI=1S/C21H14ClN5O3/c22-17-6-2-1-5-16(17)19(28)11-15-10-13(7-8-18(15)27(29)30)20-24-21(26-25-20)14-4-3-9-23-12-14/h1-10,12H,11H2,(H,24,25,26). The van der Waals surface area contributed by atoms with Crippen molar-refractivity contribution < 1.29 is 9.72 Å². The Morgan fingerprint density at radius 3 is 2.67 bits per heavy atom. The topological polar surface area (TPSA) is 115 Å². The van der Waals surface area contributed by atoms with Gasteiger partial charge in [-0.1, -0.05) is 23.7 Å². The van der Waals surface area contributed by atoms with Crippen molar-refractivity contribution in [2.75, 3.05) is 0 Å². The number of rotatable bonds is 6. The van der Waals surface area contributed by atoms with Crippen molar-refractivity contribution in [3.8, 4) is 22.8 Å². The molecule has 4 aromatic rings. The van der Waals surface area contributed by atoms with Crippen LogP contribution >= 0.6 is 11.6 Å². The summed E-state index contributed by atoms with van der Waals surface area (Å²) in [5, 5.41) is 18.8. The molecule has 0 saturated carbocycles. The lowest BCUT2D eigenvalue weighted by Gasteiger charge is -2.06. The third-order valence-electron chi connectivity index (χ3n) is 4.48. The molecule has 9 heteroatoms. The van der Waals surface area contributed by atoms with Crippen LogP contribution in [-0.4, -0.2) is 30.9 Å². The minimum Gasteiger partial charge on any atom is -0.294 e. The number of nitrogens with zero attached hydrogens (tertiary/aromatic N) is 4. The van der Waals surface area contributed by atoms with E-state index in [4.69, 9.17) is 11.6 Å². The van der Waals surface area contributed by atoms with Crippen LogP contribution in [0.3, 0.4) is 0 Å². The highest BCUT2D eigenvalue weighted by Gasteiger charge is 2.20. The number of hydrogen-bond acceptors (Lipinski definition) is 6. The number of carbonyl (C=O) groups is 1. The summed E-state index contributed by atoms with van der Waals surface area (Å²) in [5.74, 6) is 0.565. The molecular weight excluding hydrogens is 406 g/mol. The van der Waals surface area contributed by atoms with Gasteiger partial charge in [0.25, 0.3) is 5.69 Å². The van der Waals surface area contributed by atoms with Crippen LogP contribution in [0.4, 0.5) is 5.69 Å². The summed E-state index contributed by atoms with van der Waals surface area (Å²) in [6.07, 6.45) is 3.11. The fourth-order valence-corrected chi connectivity index (χ4v) is 3.26. The minimum atomic E-state index is -0.513. The van der Waals surface area contributed by atoms with E-state index in [-0.39, 0.29) is 23.5 Å². The number of aromatic amines is 1. The first-order valence-electron chi connectivity index (χ1n) is 8.91. The van der Waals surface area contributed by atoms with Crippen LogP contribution in [-0.2, 0) is 6.42 Å². The summed E-state index contributed by atoms with van der Waals surface area (Å²) in [6, 6.07) is 14.7. The smallest absolute Gasteiger partial charge is 0.273 e. The Morgan fingerprint density at radius 1 is 1.10 bits per heavy atom. The lowest BCUT2D eigenvalue weighted by atomic mass is 9.99. The molecule has 0 radical (unpaired) electrons. The van der Waals surface area contributed by atoms with Crippen molar-refractivity contribution in [2.45, 2.75) is 6.42 Å². The van der Waals surface area contributed by atoms with Gasteiger partial charge < -0.3 is 0 Å². The van der Waals surface area contributed by atoms with Gasteiger partial charge in [0.05, 0.1) is 9.95 Å². The average Bonchev–Trinajstić information content (AvgIpc) is 3.25. The highest BCUT2D eigenvalue weighted by Crippen LogP contribution is 2.28. The van der Waals surface area contributed by atoms with Crippen molar-refractivity contribution in [1.82, 2.24) is 20.2 Å². The van der Waals surface area contributed by atoms with E-state index in [1.807, 2.05) is 6.07 Å². The number of carbonyl (C=O) groups excluding carboxylic acids is 1. The van der Waals surface area contributed by atoms with Gasteiger partial charge in [0.15, 0.2) is 17.4 Å². The third kappa shape index (κ3) is 3.94. The number of hydrogen-bond donors (Lipinski definition) is 1. The number of H-pyrrole nitrogens is 1. The summed E-state index contributed by atoms with van der Waals surface area (Å²) in [6.45, 7) is 0. The van der Waals surface area contributed by atoms with E-state index in [2.05, 4.69) is 20.2 Å². The largest absolute Gasteiger partial charge is 0.294 e. The number of pyridine rings is 1. The number of halogens is 1. The van der Waals surface area contributed by atoms with E-state index in [0.717, 1.165) is 5.56 Å². The van der Waals surface area contributed by atoms with Crippen molar-refractivity contribution in [3.63, 3.8) is 0 Å². The Morgan fingerprint density at radius 2 is 1.93 bits per heavy atom. The van der Waals surface area contributed by atoms with Gasteiger partial charge in [0.2, 0.25) is 0 Å². The molecule has 0 unspecified atom stereocenters. The summed E-state index contributed by atoms with van der Waals surface area (Å²) >= 11 is 6.09. The van der Waals surface area contributed by atoms with Gasteiger partial charge in [-0.2, -0.15) is 5.10 Å². The van der Waals surface area contributed by atoms with Crippen LogP contribution in [0.1, 0.15) is 15.9 Å². The zero-order valence-corrected chi connectivity index (χ0v) is 16.2. The summed E-state index contributed by atoms with van der Waals surface area (Å²) in [7, 11) is 0. The fourth-order valence-electron chi connectivity index (χ4n) is 3.02. The maximum Gasteiger partial charge on any atom is 0.273 e. The molecule has 1 N–H and O–H groups in total. The van der Waals surface area contributed by atoms with E-state index < -0.39 is 4.92 Å². The Labute approximate surface area is 175 Å². The Hall–Kier alpha value is -3.91. The van der Waals surface area contributed by atoms with Crippen LogP contribution in [0.25, 0.3) is 22.8 Å². The van der Waals surface area contributed by atoms with Gasteiger partial charge in [-0.15, -0.1) is 0 Å². The van der Waals surface area contributed by atoms with E-state index in [9.17, 15) is 14.9 Å².